The van der Waals surface area contributed by atoms with Gasteiger partial charge in [0.25, 0.3) is 0 Å². The molecular formula is C10H19NO2. The molecule has 2 bridgehead atoms. The molecule has 0 saturated carbocycles. The summed E-state index contributed by atoms with van der Waals surface area (Å²) in [4.78, 5) is 13.0. The Bertz CT molecular complexity index is 174. The first-order valence-corrected chi connectivity index (χ1v) is 5.22. The molecule has 0 radical (unpaired) electrons. The molecule has 3 heterocycles. The van der Waals surface area contributed by atoms with Gasteiger partial charge in [-0.3, -0.25) is 4.79 Å². The first kappa shape index (κ1) is 10.5. The van der Waals surface area contributed by atoms with Gasteiger partial charge in [0.15, 0.2) is 0 Å². The van der Waals surface area contributed by atoms with Gasteiger partial charge in [-0.1, -0.05) is 13.8 Å². The van der Waals surface area contributed by atoms with Crippen LogP contribution in [0.3, 0.4) is 0 Å². The van der Waals surface area contributed by atoms with Crippen molar-refractivity contribution in [1.82, 2.24) is 4.90 Å². The third-order valence-electron chi connectivity index (χ3n) is 2.97. The number of hydrogen-bond donors (Lipinski definition) is 1. The first-order chi connectivity index (χ1) is 6.27. The molecule has 0 aromatic heterocycles. The highest BCUT2D eigenvalue weighted by Gasteiger charge is 2.37. The number of rotatable bonds is 1. The molecule has 0 aromatic carbocycles. The predicted molar refractivity (Wildman–Crippen MR) is 51.6 cm³/mol. The number of nitrogens with zero attached hydrogens (tertiary/aromatic N) is 1. The first-order valence-electron chi connectivity index (χ1n) is 5.22. The zero-order valence-corrected chi connectivity index (χ0v) is 8.49. The van der Waals surface area contributed by atoms with Gasteiger partial charge in [-0.15, -0.1) is 0 Å². The average Bonchev–Trinajstić information content (AvgIpc) is 2.22. The standard InChI is InChI=1S/C8H13NO2.C2H6/c10-8(11)7-5-9-3-1-6(7)2-4-9;1-2/h6-7H,1-5H2,(H,10,11);1-2H3. The van der Waals surface area contributed by atoms with Crippen molar-refractivity contribution in [2.75, 3.05) is 19.6 Å². The van der Waals surface area contributed by atoms with E-state index in [1.807, 2.05) is 13.8 Å². The maximum atomic E-state index is 10.7. The predicted octanol–water partition coefficient (Wildman–Crippen LogP) is 1.44. The quantitative estimate of drug-likeness (QED) is 0.672. The number of fused-ring (bicyclic) bond motifs is 3. The van der Waals surface area contributed by atoms with Crippen LogP contribution in [-0.4, -0.2) is 35.6 Å². The third-order valence-corrected chi connectivity index (χ3v) is 2.97. The van der Waals surface area contributed by atoms with Crippen LogP contribution in [0.25, 0.3) is 0 Å². The molecule has 3 heteroatoms. The highest BCUT2D eigenvalue weighted by atomic mass is 16.4. The van der Waals surface area contributed by atoms with Gasteiger partial charge in [0.2, 0.25) is 0 Å². The lowest BCUT2D eigenvalue weighted by Gasteiger charge is -2.42. The highest BCUT2D eigenvalue weighted by molar-refractivity contribution is 5.71. The van der Waals surface area contributed by atoms with Crippen molar-refractivity contribution in [3.8, 4) is 0 Å². The van der Waals surface area contributed by atoms with E-state index in [2.05, 4.69) is 4.90 Å². The van der Waals surface area contributed by atoms with Gasteiger partial charge in [0, 0.05) is 6.54 Å². The van der Waals surface area contributed by atoms with Crippen LogP contribution in [0.4, 0.5) is 0 Å². The van der Waals surface area contributed by atoms with E-state index in [9.17, 15) is 4.79 Å². The summed E-state index contributed by atoms with van der Waals surface area (Å²) in [6, 6.07) is 0. The Morgan fingerprint density at radius 3 is 2.08 bits per heavy atom. The number of hydrogen-bond acceptors (Lipinski definition) is 2. The second kappa shape index (κ2) is 4.61. The Kier molecular flexibility index (Phi) is 3.72. The maximum Gasteiger partial charge on any atom is 0.308 e. The molecule has 13 heavy (non-hydrogen) atoms. The lowest BCUT2D eigenvalue weighted by Crippen LogP contribution is -2.49. The van der Waals surface area contributed by atoms with Gasteiger partial charge in [0.05, 0.1) is 5.92 Å². The van der Waals surface area contributed by atoms with Crippen molar-refractivity contribution in [3.63, 3.8) is 0 Å². The Morgan fingerprint density at radius 2 is 1.85 bits per heavy atom. The monoisotopic (exact) mass is 185 g/mol. The van der Waals surface area contributed by atoms with E-state index in [-0.39, 0.29) is 5.92 Å². The number of carboxylic acid groups (broad SMARTS) is 1. The van der Waals surface area contributed by atoms with Crippen LogP contribution in [0.15, 0.2) is 0 Å². The Morgan fingerprint density at radius 1 is 1.31 bits per heavy atom. The molecule has 0 aromatic rings. The van der Waals surface area contributed by atoms with Crippen LogP contribution in [0.2, 0.25) is 0 Å². The van der Waals surface area contributed by atoms with Crippen LogP contribution in [0, 0.1) is 11.8 Å². The SMILES string of the molecule is CC.O=C(O)C1CN2CCC1CC2. The summed E-state index contributed by atoms with van der Waals surface area (Å²) in [6.07, 6.45) is 2.19. The van der Waals surface area contributed by atoms with Crippen molar-refractivity contribution in [2.24, 2.45) is 11.8 Å². The van der Waals surface area contributed by atoms with E-state index < -0.39 is 5.97 Å². The second-order valence-corrected chi connectivity index (χ2v) is 3.58. The van der Waals surface area contributed by atoms with E-state index in [1.165, 1.54) is 0 Å². The molecule has 0 spiro atoms. The maximum absolute atomic E-state index is 10.7. The van der Waals surface area contributed by atoms with E-state index in [0.717, 1.165) is 32.5 Å². The largest absolute Gasteiger partial charge is 0.481 e. The van der Waals surface area contributed by atoms with Gasteiger partial charge in [-0.2, -0.15) is 0 Å². The Hall–Kier alpha value is -0.570. The molecular weight excluding hydrogens is 166 g/mol. The van der Waals surface area contributed by atoms with Gasteiger partial charge >= 0.3 is 5.97 Å². The molecule has 0 amide bonds. The fraction of sp³-hybridized carbons (Fsp3) is 0.900. The molecule has 1 unspecified atom stereocenters. The van der Waals surface area contributed by atoms with Crippen LogP contribution in [0.5, 0.6) is 0 Å². The summed E-state index contributed by atoms with van der Waals surface area (Å²) in [6.45, 7) is 7.03. The molecule has 1 N–H and O–H groups in total. The van der Waals surface area contributed by atoms with Crippen LogP contribution >= 0.6 is 0 Å². The van der Waals surface area contributed by atoms with Crippen LogP contribution < -0.4 is 0 Å². The molecule has 3 rings (SSSR count). The zero-order chi connectivity index (χ0) is 9.84. The normalized spacial score (nSPS) is 36.3. The lowest BCUT2D eigenvalue weighted by molar-refractivity contribution is -0.148. The van der Waals surface area contributed by atoms with E-state index in [1.54, 1.807) is 0 Å². The van der Waals surface area contributed by atoms with Gasteiger partial charge in [-0.25, -0.2) is 0 Å². The average molecular weight is 185 g/mol. The van der Waals surface area contributed by atoms with E-state index in [0.29, 0.717) is 5.92 Å². The minimum atomic E-state index is -0.598. The highest BCUT2D eigenvalue weighted by Crippen LogP contribution is 2.32. The summed E-state index contributed by atoms with van der Waals surface area (Å²) in [5, 5.41) is 8.83. The second-order valence-electron chi connectivity index (χ2n) is 3.58. The summed E-state index contributed by atoms with van der Waals surface area (Å²) in [7, 11) is 0. The topological polar surface area (TPSA) is 40.5 Å². The number of carbonyl (C=O) groups is 1. The molecule has 0 aliphatic carbocycles. The van der Waals surface area contributed by atoms with Crippen LogP contribution in [-0.2, 0) is 4.79 Å². The zero-order valence-electron chi connectivity index (χ0n) is 8.49. The van der Waals surface area contributed by atoms with Gasteiger partial charge in [0.1, 0.15) is 0 Å². The fourth-order valence-electron chi connectivity index (χ4n) is 2.24. The smallest absolute Gasteiger partial charge is 0.308 e. The van der Waals surface area contributed by atoms with Crippen molar-refractivity contribution in [1.29, 1.82) is 0 Å². The fourth-order valence-corrected chi connectivity index (χ4v) is 2.24. The van der Waals surface area contributed by atoms with Crippen LogP contribution in [0.1, 0.15) is 26.7 Å². The minimum Gasteiger partial charge on any atom is -0.481 e. The molecule has 3 aliphatic rings. The molecule has 3 saturated heterocycles. The minimum absolute atomic E-state index is 0.0718. The van der Waals surface area contributed by atoms with E-state index in [4.69, 9.17) is 5.11 Å². The Balaban J connectivity index is 0.000000396. The third kappa shape index (κ3) is 2.21. The summed E-state index contributed by atoms with van der Waals surface area (Å²) >= 11 is 0. The molecule has 3 nitrogen and oxygen atoms in total. The Labute approximate surface area is 79.7 Å². The number of carboxylic acids is 1. The molecule has 1 atom stereocenters. The van der Waals surface area contributed by atoms with Gasteiger partial charge < -0.3 is 10.0 Å². The number of aliphatic carboxylic acids is 1. The molecule has 3 fully saturated rings. The van der Waals surface area contributed by atoms with Crippen molar-refractivity contribution in [3.05, 3.63) is 0 Å². The van der Waals surface area contributed by atoms with Crippen molar-refractivity contribution >= 4 is 5.97 Å². The summed E-state index contributed by atoms with van der Waals surface area (Å²) < 4.78 is 0. The lowest BCUT2D eigenvalue weighted by atomic mass is 9.79. The van der Waals surface area contributed by atoms with E-state index >= 15 is 0 Å². The summed E-state index contributed by atoms with van der Waals surface area (Å²) in [5.41, 5.74) is 0. The van der Waals surface area contributed by atoms with Crippen molar-refractivity contribution in [2.45, 2.75) is 26.7 Å². The summed E-state index contributed by atoms with van der Waals surface area (Å²) in [5.74, 6) is -0.200. The molecule has 76 valence electrons. The van der Waals surface area contributed by atoms with Gasteiger partial charge in [-0.05, 0) is 31.8 Å². The molecule has 3 aliphatic heterocycles. The number of piperidine rings is 3. The van der Waals surface area contributed by atoms with Crippen molar-refractivity contribution < 1.29 is 9.90 Å².